The van der Waals surface area contributed by atoms with Crippen LogP contribution in [0.2, 0.25) is 0 Å². The molecule has 0 saturated heterocycles. The van der Waals surface area contributed by atoms with E-state index in [1.54, 1.807) is 6.07 Å². The Morgan fingerprint density at radius 2 is 2.29 bits per heavy atom. The SMILES string of the molecule is CC/C(C)=C/c1cc(N=O)ccc1O. The molecule has 0 spiro atoms. The fraction of sp³-hybridized carbons (Fsp3) is 0.273. The van der Waals surface area contributed by atoms with Crippen molar-refractivity contribution in [3.8, 4) is 5.75 Å². The maximum absolute atomic E-state index is 10.3. The first-order valence-corrected chi connectivity index (χ1v) is 4.51. The lowest BCUT2D eigenvalue weighted by Crippen LogP contribution is -1.77. The Kier molecular flexibility index (Phi) is 3.40. The van der Waals surface area contributed by atoms with Gasteiger partial charge in [0.2, 0.25) is 0 Å². The standard InChI is InChI=1S/C11H13NO2/c1-3-8(2)6-9-7-10(12-14)4-5-11(9)13/h4-7,13H,3H2,1-2H3/b8-6+. The average Bonchev–Trinajstić information content (AvgIpc) is 2.21. The molecule has 14 heavy (non-hydrogen) atoms. The summed E-state index contributed by atoms with van der Waals surface area (Å²) in [6.07, 6.45) is 2.77. The van der Waals surface area contributed by atoms with E-state index in [2.05, 4.69) is 5.18 Å². The fourth-order valence-electron chi connectivity index (χ4n) is 1.08. The van der Waals surface area contributed by atoms with Crippen LogP contribution in [0, 0.1) is 4.91 Å². The van der Waals surface area contributed by atoms with Gasteiger partial charge >= 0.3 is 0 Å². The number of hydrogen-bond donors (Lipinski definition) is 1. The van der Waals surface area contributed by atoms with Crippen molar-refractivity contribution < 1.29 is 5.11 Å². The van der Waals surface area contributed by atoms with Gasteiger partial charge < -0.3 is 5.11 Å². The summed E-state index contributed by atoms with van der Waals surface area (Å²) in [7, 11) is 0. The molecule has 3 heteroatoms. The molecule has 0 bridgehead atoms. The monoisotopic (exact) mass is 191 g/mol. The van der Waals surface area contributed by atoms with Gasteiger partial charge in [-0.25, -0.2) is 0 Å². The largest absolute Gasteiger partial charge is 0.507 e. The lowest BCUT2D eigenvalue weighted by Gasteiger charge is -2.01. The molecule has 0 radical (unpaired) electrons. The summed E-state index contributed by atoms with van der Waals surface area (Å²) < 4.78 is 0. The van der Waals surface area contributed by atoms with E-state index in [-0.39, 0.29) is 5.75 Å². The zero-order valence-electron chi connectivity index (χ0n) is 8.32. The van der Waals surface area contributed by atoms with E-state index in [1.165, 1.54) is 12.1 Å². The highest BCUT2D eigenvalue weighted by molar-refractivity contribution is 5.63. The summed E-state index contributed by atoms with van der Waals surface area (Å²) in [5, 5.41) is 12.3. The molecule has 0 amide bonds. The minimum Gasteiger partial charge on any atom is -0.507 e. The minimum absolute atomic E-state index is 0.171. The Morgan fingerprint density at radius 3 is 2.86 bits per heavy atom. The van der Waals surface area contributed by atoms with Gasteiger partial charge in [-0.05, 0) is 36.7 Å². The normalized spacial score (nSPS) is 11.4. The average molecular weight is 191 g/mol. The molecule has 0 aliphatic heterocycles. The van der Waals surface area contributed by atoms with Crippen molar-refractivity contribution >= 4 is 11.8 Å². The molecule has 1 aromatic carbocycles. The number of nitroso groups, excluding NO2 is 1. The van der Waals surface area contributed by atoms with Gasteiger partial charge in [0.15, 0.2) is 0 Å². The van der Waals surface area contributed by atoms with E-state index in [0.717, 1.165) is 12.0 Å². The second kappa shape index (κ2) is 4.56. The Bertz CT molecular complexity index is 370. The van der Waals surface area contributed by atoms with E-state index in [4.69, 9.17) is 0 Å². The van der Waals surface area contributed by atoms with Crippen molar-refractivity contribution in [3.63, 3.8) is 0 Å². The first kappa shape index (κ1) is 10.4. The summed E-state index contributed by atoms with van der Waals surface area (Å²) in [4.78, 5) is 10.3. The number of benzene rings is 1. The molecule has 0 heterocycles. The van der Waals surface area contributed by atoms with Crippen molar-refractivity contribution in [2.75, 3.05) is 0 Å². The van der Waals surface area contributed by atoms with Crippen LogP contribution in [-0.2, 0) is 0 Å². The summed E-state index contributed by atoms with van der Waals surface area (Å²) in [5.41, 5.74) is 2.11. The highest BCUT2D eigenvalue weighted by Gasteiger charge is 2.00. The molecule has 0 aliphatic carbocycles. The zero-order valence-corrected chi connectivity index (χ0v) is 8.32. The van der Waals surface area contributed by atoms with E-state index in [9.17, 15) is 10.0 Å². The van der Waals surface area contributed by atoms with Crippen molar-refractivity contribution in [1.29, 1.82) is 0 Å². The first-order chi connectivity index (χ1) is 6.67. The van der Waals surface area contributed by atoms with Crippen LogP contribution in [0.15, 0.2) is 28.9 Å². The van der Waals surface area contributed by atoms with Gasteiger partial charge in [0, 0.05) is 5.56 Å². The zero-order chi connectivity index (χ0) is 10.6. The maximum Gasteiger partial charge on any atom is 0.122 e. The van der Waals surface area contributed by atoms with Gasteiger partial charge in [0.1, 0.15) is 11.4 Å². The molecule has 0 saturated carbocycles. The van der Waals surface area contributed by atoms with Gasteiger partial charge in [0.05, 0.1) is 0 Å². The number of aromatic hydroxyl groups is 1. The molecule has 0 unspecified atom stereocenters. The number of nitrogens with zero attached hydrogens (tertiary/aromatic N) is 1. The second-order valence-electron chi connectivity index (χ2n) is 3.18. The molecule has 1 rings (SSSR count). The van der Waals surface area contributed by atoms with E-state index >= 15 is 0 Å². The molecular weight excluding hydrogens is 178 g/mol. The third kappa shape index (κ3) is 2.42. The Labute approximate surface area is 83.1 Å². The Morgan fingerprint density at radius 1 is 1.57 bits per heavy atom. The van der Waals surface area contributed by atoms with Crippen LogP contribution in [0.4, 0.5) is 5.69 Å². The van der Waals surface area contributed by atoms with Gasteiger partial charge in [-0.1, -0.05) is 18.6 Å². The number of rotatable bonds is 3. The third-order valence-corrected chi connectivity index (χ3v) is 2.08. The molecule has 1 N–H and O–H groups in total. The molecule has 0 aliphatic rings. The highest BCUT2D eigenvalue weighted by Crippen LogP contribution is 2.25. The summed E-state index contributed by atoms with van der Waals surface area (Å²) in [6.45, 7) is 4.01. The van der Waals surface area contributed by atoms with E-state index in [1.807, 2.05) is 19.9 Å². The van der Waals surface area contributed by atoms with Crippen molar-refractivity contribution in [2.24, 2.45) is 5.18 Å². The van der Waals surface area contributed by atoms with Crippen LogP contribution in [0.1, 0.15) is 25.8 Å². The summed E-state index contributed by atoms with van der Waals surface area (Å²) in [6, 6.07) is 4.54. The van der Waals surface area contributed by atoms with Crippen LogP contribution in [0.3, 0.4) is 0 Å². The van der Waals surface area contributed by atoms with E-state index < -0.39 is 0 Å². The Balaban J connectivity index is 3.12. The maximum atomic E-state index is 10.3. The highest BCUT2D eigenvalue weighted by atomic mass is 16.3. The smallest absolute Gasteiger partial charge is 0.122 e. The van der Waals surface area contributed by atoms with Gasteiger partial charge in [-0.15, -0.1) is 4.91 Å². The fourth-order valence-corrected chi connectivity index (χ4v) is 1.08. The topological polar surface area (TPSA) is 49.7 Å². The molecule has 3 nitrogen and oxygen atoms in total. The quantitative estimate of drug-likeness (QED) is 0.742. The third-order valence-electron chi connectivity index (χ3n) is 2.08. The van der Waals surface area contributed by atoms with Crippen LogP contribution < -0.4 is 0 Å². The molecule has 0 atom stereocenters. The number of hydrogen-bond acceptors (Lipinski definition) is 3. The van der Waals surface area contributed by atoms with Gasteiger partial charge in [0.25, 0.3) is 0 Å². The number of allylic oxidation sites excluding steroid dienone is 1. The number of phenols is 1. The van der Waals surface area contributed by atoms with Crippen molar-refractivity contribution in [3.05, 3.63) is 34.2 Å². The van der Waals surface area contributed by atoms with Crippen LogP contribution in [0.5, 0.6) is 5.75 Å². The molecule has 74 valence electrons. The summed E-state index contributed by atoms with van der Waals surface area (Å²) >= 11 is 0. The van der Waals surface area contributed by atoms with Crippen LogP contribution in [0.25, 0.3) is 6.08 Å². The first-order valence-electron chi connectivity index (χ1n) is 4.51. The molecule has 0 aromatic heterocycles. The molecule has 0 fully saturated rings. The summed E-state index contributed by atoms with van der Waals surface area (Å²) in [5.74, 6) is 0.171. The lowest BCUT2D eigenvalue weighted by molar-refractivity contribution is 0.474. The lowest BCUT2D eigenvalue weighted by atomic mass is 10.1. The second-order valence-corrected chi connectivity index (χ2v) is 3.18. The van der Waals surface area contributed by atoms with Crippen LogP contribution in [-0.4, -0.2) is 5.11 Å². The Hall–Kier alpha value is -1.64. The van der Waals surface area contributed by atoms with Crippen LogP contribution >= 0.6 is 0 Å². The van der Waals surface area contributed by atoms with Crippen molar-refractivity contribution in [1.82, 2.24) is 0 Å². The molecule has 1 aromatic rings. The predicted octanol–water partition coefficient (Wildman–Crippen LogP) is 3.60. The van der Waals surface area contributed by atoms with Gasteiger partial charge in [-0.2, -0.15) is 0 Å². The van der Waals surface area contributed by atoms with Gasteiger partial charge in [-0.3, -0.25) is 0 Å². The van der Waals surface area contributed by atoms with Crippen molar-refractivity contribution in [2.45, 2.75) is 20.3 Å². The predicted molar refractivity (Wildman–Crippen MR) is 57.5 cm³/mol. The molecular formula is C11H13NO2. The minimum atomic E-state index is 0.171. The number of phenolic OH excluding ortho intramolecular Hbond substituents is 1. The van der Waals surface area contributed by atoms with E-state index in [0.29, 0.717) is 11.3 Å².